The highest BCUT2D eigenvalue weighted by molar-refractivity contribution is 5.84. The number of hydrogen-bond donors (Lipinski definition) is 0. The number of carbonyl (C=O) groups excluding carboxylic acids is 1. The average Bonchev–Trinajstić information content (AvgIpc) is 2.89. The summed E-state index contributed by atoms with van der Waals surface area (Å²) >= 11 is 0. The van der Waals surface area contributed by atoms with Crippen LogP contribution in [0.2, 0.25) is 0 Å². The summed E-state index contributed by atoms with van der Waals surface area (Å²) in [4.78, 5) is 15.2. The number of benzene rings is 1. The molecule has 0 N–H and O–H groups in total. The molecule has 1 aromatic heterocycles. The molecule has 2 aromatic rings. The topological polar surface area (TPSA) is 74.5 Å². The molecule has 19 heavy (non-hydrogen) atoms. The molecule has 6 nitrogen and oxygen atoms in total. The molecule has 0 spiro atoms. The van der Waals surface area contributed by atoms with Crippen LogP contribution in [0.15, 0.2) is 22.7 Å². The summed E-state index contributed by atoms with van der Waals surface area (Å²) in [7, 11) is 1.35. The third kappa shape index (κ3) is 2.70. The summed E-state index contributed by atoms with van der Waals surface area (Å²) in [6.07, 6.45) is 0. The zero-order valence-corrected chi connectivity index (χ0v) is 10.3. The van der Waals surface area contributed by atoms with Gasteiger partial charge >= 0.3 is 11.9 Å². The smallest absolute Gasteiger partial charge is 0.397 e. The van der Waals surface area contributed by atoms with Crippen LogP contribution in [0.25, 0.3) is 11.4 Å². The maximum atomic E-state index is 13.3. The second kappa shape index (κ2) is 5.47. The van der Waals surface area contributed by atoms with Crippen LogP contribution in [-0.2, 0) is 4.74 Å². The van der Waals surface area contributed by atoms with E-state index in [1.807, 2.05) is 0 Å². The van der Waals surface area contributed by atoms with Crippen LogP contribution in [0.1, 0.15) is 17.6 Å². The third-order valence-electron chi connectivity index (χ3n) is 2.29. The van der Waals surface area contributed by atoms with Crippen LogP contribution < -0.4 is 4.74 Å². The van der Waals surface area contributed by atoms with Gasteiger partial charge in [-0.2, -0.15) is 4.98 Å². The van der Waals surface area contributed by atoms with E-state index in [9.17, 15) is 9.18 Å². The van der Waals surface area contributed by atoms with Gasteiger partial charge in [0.05, 0.1) is 13.7 Å². The lowest BCUT2D eigenvalue weighted by Gasteiger charge is -2.02. The molecule has 1 aromatic carbocycles. The monoisotopic (exact) mass is 266 g/mol. The van der Waals surface area contributed by atoms with Crippen LogP contribution in [0.4, 0.5) is 4.39 Å². The summed E-state index contributed by atoms with van der Waals surface area (Å²) in [6, 6.07) is 4.08. The molecule has 0 unspecified atom stereocenters. The highest BCUT2D eigenvalue weighted by atomic mass is 19.1. The number of nitrogens with zero attached hydrogens (tertiary/aromatic N) is 2. The largest absolute Gasteiger partial charge is 0.494 e. The molecule has 0 amide bonds. The summed E-state index contributed by atoms with van der Waals surface area (Å²) < 4.78 is 27.6. The number of hydrogen-bond acceptors (Lipinski definition) is 6. The fourth-order valence-electron chi connectivity index (χ4n) is 1.42. The van der Waals surface area contributed by atoms with E-state index in [2.05, 4.69) is 10.1 Å². The number of carbonyl (C=O) groups is 1. The standard InChI is InChI=1S/C12H11FN2O4/c1-3-18-12(16)11-14-10(15-19-11)7-4-5-8(13)9(6-7)17-2/h4-6H,3H2,1-2H3. The van der Waals surface area contributed by atoms with Gasteiger partial charge in [-0.3, -0.25) is 0 Å². The molecule has 0 radical (unpaired) electrons. The Hall–Kier alpha value is -2.44. The van der Waals surface area contributed by atoms with E-state index in [1.54, 1.807) is 6.92 Å². The Labute approximate surface area is 108 Å². The van der Waals surface area contributed by atoms with Crippen LogP contribution in [-0.4, -0.2) is 29.8 Å². The van der Waals surface area contributed by atoms with E-state index < -0.39 is 11.8 Å². The molecule has 0 atom stereocenters. The SMILES string of the molecule is CCOC(=O)c1nc(-c2ccc(F)c(OC)c2)no1. The predicted molar refractivity (Wildman–Crippen MR) is 62.2 cm³/mol. The van der Waals surface area contributed by atoms with Crippen LogP contribution >= 0.6 is 0 Å². The van der Waals surface area contributed by atoms with E-state index >= 15 is 0 Å². The van der Waals surface area contributed by atoms with Crippen molar-refractivity contribution in [1.29, 1.82) is 0 Å². The van der Waals surface area contributed by atoms with Crippen molar-refractivity contribution in [3.05, 3.63) is 29.9 Å². The van der Waals surface area contributed by atoms with Crippen molar-refractivity contribution in [3.8, 4) is 17.1 Å². The van der Waals surface area contributed by atoms with Crippen molar-refractivity contribution in [1.82, 2.24) is 10.1 Å². The van der Waals surface area contributed by atoms with Gasteiger partial charge in [0.2, 0.25) is 5.82 Å². The highest BCUT2D eigenvalue weighted by Crippen LogP contribution is 2.24. The Kier molecular flexibility index (Phi) is 3.74. The molecule has 100 valence electrons. The Balaban J connectivity index is 2.30. The number of rotatable bonds is 4. The van der Waals surface area contributed by atoms with E-state index in [0.29, 0.717) is 5.56 Å². The second-order valence-corrected chi connectivity index (χ2v) is 3.49. The van der Waals surface area contributed by atoms with Gasteiger partial charge in [0.1, 0.15) is 0 Å². The molecule has 0 saturated carbocycles. The lowest BCUT2D eigenvalue weighted by Crippen LogP contribution is -2.04. The van der Waals surface area contributed by atoms with Crippen molar-refractivity contribution in [2.75, 3.05) is 13.7 Å². The minimum Gasteiger partial charge on any atom is -0.494 e. The molecule has 0 bridgehead atoms. The number of methoxy groups -OCH3 is 1. The minimum atomic E-state index is -0.699. The fraction of sp³-hybridized carbons (Fsp3) is 0.250. The minimum absolute atomic E-state index is 0.0555. The second-order valence-electron chi connectivity index (χ2n) is 3.49. The maximum Gasteiger partial charge on any atom is 0.397 e. The van der Waals surface area contributed by atoms with Gasteiger partial charge in [0.15, 0.2) is 11.6 Å². The first kappa shape index (κ1) is 13.0. The third-order valence-corrected chi connectivity index (χ3v) is 2.29. The normalized spacial score (nSPS) is 10.3. The first-order valence-electron chi connectivity index (χ1n) is 5.50. The van der Waals surface area contributed by atoms with Gasteiger partial charge in [-0.1, -0.05) is 5.16 Å². The van der Waals surface area contributed by atoms with Gasteiger partial charge in [0.25, 0.3) is 0 Å². The van der Waals surface area contributed by atoms with Gasteiger partial charge in [-0.25, -0.2) is 9.18 Å². The lowest BCUT2D eigenvalue weighted by atomic mass is 10.2. The predicted octanol–water partition coefficient (Wildman–Crippen LogP) is 2.06. The average molecular weight is 266 g/mol. The Bertz CT molecular complexity index is 597. The first-order chi connectivity index (χ1) is 9.15. The van der Waals surface area contributed by atoms with E-state index in [-0.39, 0.29) is 24.1 Å². The van der Waals surface area contributed by atoms with Crippen LogP contribution in [0, 0.1) is 5.82 Å². The molecule has 0 aliphatic heterocycles. The van der Waals surface area contributed by atoms with Crippen LogP contribution in [0.3, 0.4) is 0 Å². The van der Waals surface area contributed by atoms with Crippen molar-refractivity contribution < 1.29 is 23.2 Å². The van der Waals surface area contributed by atoms with Crippen molar-refractivity contribution in [2.45, 2.75) is 6.92 Å². The van der Waals surface area contributed by atoms with Crippen LogP contribution in [0.5, 0.6) is 5.75 Å². The van der Waals surface area contributed by atoms with Gasteiger partial charge in [-0.05, 0) is 25.1 Å². The number of halogens is 1. The van der Waals surface area contributed by atoms with Gasteiger partial charge in [0, 0.05) is 5.56 Å². The number of aromatic nitrogens is 2. The zero-order chi connectivity index (χ0) is 13.8. The zero-order valence-electron chi connectivity index (χ0n) is 10.3. The molecule has 0 fully saturated rings. The summed E-state index contributed by atoms with van der Waals surface area (Å²) in [6.45, 7) is 1.88. The molecular weight excluding hydrogens is 255 g/mol. The molecule has 0 saturated heterocycles. The van der Waals surface area contributed by atoms with E-state index in [0.717, 1.165) is 0 Å². The first-order valence-corrected chi connectivity index (χ1v) is 5.50. The summed E-state index contributed by atoms with van der Waals surface area (Å²) in [5.41, 5.74) is 0.470. The van der Waals surface area contributed by atoms with Crippen molar-refractivity contribution in [2.24, 2.45) is 0 Å². The van der Waals surface area contributed by atoms with E-state index in [4.69, 9.17) is 14.0 Å². The number of ether oxygens (including phenoxy) is 2. The van der Waals surface area contributed by atoms with Gasteiger partial charge < -0.3 is 14.0 Å². The van der Waals surface area contributed by atoms with Gasteiger partial charge in [-0.15, -0.1) is 0 Å². The maximum absolute atomic E-state index is 13.3. The highest BCUT2D eigenvalue weighted by Gasteiger charge is 2.17. The molecule has 2 rings (SSSR count). The quantitative estimate of drug-likeness (QED) is 0.788. The Morgan fingerprint density at radius 2 is 2.26 bits per heavy atom. The molecule has 1 heterocycles. The lowest BCUT2D eigenvalue weighted by molar-refractivity contribution is 0.0470. The summed E-state index contributed by atoms with van der Waals surface area (Å²) in [5, 5.41) is 3.63. The Morgan fingerprint density at radius 3 is 2.95 bits per heavy atom. The molecule has 0 aliphatic carbocycles. The summed E-state index contributed by atoms with van der Waals surface area (Å²) in [5.74, 6) is -1.24. The van der Waals surface area contributed by atoms with Crippen molar-refractivity contribution >= 4 is 5.97 Å². The van der Waals surface area contributed by atoms with Crippen molar-refractivity contribution in [3.63, 3.8) is 0 Å². The number of esters is 1. The van der Waals surface area contributed by atoms with E-state index in [1.165, 1.54) is 25.3 Å². The Morgan fingerprint density at radius 1 is 1.47 bits per heavy atom. The molecule has 0 aliphatic rings. The molecular formula is C12H11FN2O4. The fourth-order valence-corrected chi connectivity index (χ4v) is 1.42. The molecule has 7 heteroatoms.